The lowest BCUT2D eigenvalue weighted by Crippen LogP contribution is -2.66. The average molecular weight is 734 g/mol. The second-order valence-corrected chi connectivity index (χ2v) is 19.7. The maximum Gasteiger partial charge on any atom is 0.356 e. The Morgan fingerprint density at radius 2 is 1.66 bits per heavy atom. The maximum absolute atomic E-state index is 14.0. The SMILES string of the molecule is CCCC[S@@+]([O-])N1Cc2cc(C(=O)OCC)nc(-c3cccc(Br)c3)c2[C@H]1CCO[Si](c1ccccc1)(c1ccccc1)C(C)(C)C. The van der Waals surface area contributed by atoms with Crippen molar-refractivity contribution in [3.8, 4) is 11.3 Å². The van der Waals surface area contributed by atoms with E-state index >= 15 is 0 Å². The Labute approximate surface area is 292 Å². The minimum Gasteiger partial charge on any atom is -0.598 e. The molecule has 0 bridgehead atoms. The zero-order valence-corrected chi connectivity index (χ0v) is 31.4. The van der Waals surface area contributed by atoms with Gasteiger partial charge in [-0.2, -0.15) is 0 Å². The van der Waals surface area contributed by atoms with Gasteiger partial charge in [0.15, 0.2) is 0 Å². The van der Waals surface area contributed by atoms with Crippen LogP contribution >= 0.6 is 15.9 Å². The Morgan fingerprint density at radius 3 is 2.23 bits per heavy atom. The van der Waals surface area contributed by atoms with Crippen molar-refractivity contribution in [2.45, 2.75) is 71.5 Å². The normalized spacial score (nSPS) is 15.8. The molecule has 3 aromatic carbocycles. The molecule has 0 fully saturated rings. The summed E-state index contributed by atoms with van der Waals surface area (Å²) in [6.45, 7) is 11.9. The molecule has 1 aliphatic rings. The fraction of sp³-hybridized carbons (Fsp3) is 0.368. The molecular formula is C38H45BrN2O4SSi. The fourth-order valence-electron chi connectivity index (χ4n) is 6.67. The van der Waals surface area contributed by atoms with Crippen LogP contribution in [0, 0.1) is 0 Å². The molecule has 9 heteroatoms. The van der Waals surface area contributed by atoms with E-state index in [2.05, 4.69) is 109 Å². The number of ether oxygens (including phenoxy) is 1. The van der Waals surface area contributed by atoms with Crippen LogP contribution in [-0.2, 0) is 27.1 Å². The first-order chi connectivity index (χ1) is 22.6. The molecule has 0 unspecified atom stereocenters. The van der Waals surface area contributed by atoms with Gasteiger partial charge in [-0.1, -0.05) is 123 Å². The van der Waals surface area contributed by atoms with Gasteiger partial charge in [-0.3, -0.25) is 0 Å². The van der Waals surface area contributed by atoms with E-state index in [0.29, 0.717) is 25.3 Å². The van der Waals surface area contributed by atoms with Crippen LogP contribution in [-0.4, -0.2) is 47.1 Å². The molecule has 0 saturated heterocycles. The lowest BCUT2D eigenvalue weighted by molar-refractivity contribution is 0.0519. The second kappa shape index (κ2) is 15.6. The number of unbranched alkanes of at least 4 members (excludes halogenated alkanes) is 1. The predicted molar refractivity (Wildman–Crippen MR) is 198 cm³/mol. The van der Waals surface area contributed by atoms with Crippen molar-refractivity contribution >= 4 is 52.0 Å². The van der Waals surface area contributed by atoms with Crippen molar-refractivity contribution in [1.82, 2.24) is 9.29 Å². The third kappa shape index (κ3) is 7.61. The molecule has 2 atom stereocenters. The zero-order chi connectivity index (χ0) is 33.6. The van der Waals surface area contributed by atoms with Crippen LogP contribution in [0.2, 0.25) is 5.04 Å². The maximum atomic E-state index is 14.0. The summed E-state index contributed by atoms with van der Waals surface area (Å²) in [7, 11) is -2.78. The van der Waals surface area contributed by atoms with E-state index in [1.54, 1.807) is 6.92 Å². The van der Waals surface area contributed by atoms with E-state index in [0.717, 1.165) is 39.7 Å². The molecule has 1 aliphatic heterocycles. The summed E-state index contributed by atoms with van der Waals surface area (Å²) in [5.74, 6) is 0.129. The Hall–Kier alpha value is -2.79. The standard InChI is InChI=1S/C38H45BrN2O4SSi/c1-6-8-24-46(43)41-27-29-26-33(37(42)44-7-2)40-36(28-16-15-17-30(39)25-28)35(29)34(41)22-23-45-47(38(3,4)5,31-18-11-9-12-19-31)32-20-13-10-14-21-32/h9-21,25-26,34H,6-8,22-24,27H2,1-5H3/t34-,46-/m1/s1. The first-order valence-corrected chi connectivity index (χ1v) is 20.5. The monoisotopic (exact) mass is 732 g/mol. The highest BCUT2D eigenvalue weighted by Gasteiger charge is 2.50. The summed E-state index contributed by atoms with van der Waals surface area (Å²) < 4.78 is 29.7. The minimum absolute atomic E-state index is 0.162. The van der Waals surface area contributed by atoms with Gasteiger partial charge in [0.1, 0.15) is 11.4 Å². The number of benzene rings is 3. The van der Waals surface area contributed by atoms with Gasteiger partial charge in [0.2, 0.25) is 0 Å². The predicted octanol–water partition coefficient (Wildman–Crippen LogP) is 7.98. The largest absolute Gasteiger partial charge is 0.598 e. The third-order valence-corrected chi connectivity index (χ3v) is 15.9. The molecule has 47 heavy (non-hydrogen) atoms. The van der Waals surface area contributed by atoms with Crippen molar-refractivity contribution in [2.24, 2.45) is 0 Å². The molecule has 248 valence electrons. The smallest absolute Gasteiger partial charge is 0.356 e. The number of fused-ring (bicyclic) bond motifs is 1. The number of carbonyl (C=O) groups excluding carboxylic acids is 1. The molecule has 2 heterocycles. The number of hydrogen-bond acceptors (Lipinski definition) is 6. The van der Waals surface area contributed by atoms with Gasteiger partial charge in [0.05, 0.1) is 24.9 Å². The van der Waals surface area contributed by atoms with E-state index in [1.165, 1.54) is 10.4 Å². The summed E-state index contributed by atoms with van der Waals surface area (Å²) >= 11 is 2.40. The number of nitrogens with zero attached hydrogens (tertiary/aromatic N) is 2. The summed E-state index contributed by atoms with van der Waals surface area (Å²) in [5, 5.41) is 2.29. The minimum atomic E-state index is -2.78. The highest BCUT2D eigenvalue weighted by Crippen LogP contribution is 2.45. The lowest BCUT2D eigenvalue weighted by atomic mass is 9.96. The molecule has 0 aliphatic carbocycles. The number of halogens is 1. The molecule has 6 nitrogen and oxygen atoms in total. The number of rotatable bonds is 13. The first-order valence-electron chi connectivity index (χ1n) is 16.5. The van der Waals surface area contributed by atoms with Crippen molar-refractivity contribution in [2.75, 3.05) is 19.0 Å². The number of aromatic nitrogens is 1. The van der Waals surface area contributed by atoms with Crippen molar-refractivity contribution in [3.05, 3.63) is 112 Å². The van der Waals surface area contributed by atoms with Gasteiger partial charge >= 0.3 is 5.97 Å². The van der Waals surface area contributed by atoms with Gasteiger partial charge in [-0.25, -0.2) is 9.78 Å². The van der Waals surface area contributed by atoms with Crippen molar-refractivity contribution in [3.63, 3.8) is 0 Å². The molecule has 0 amide bonds. The highest BCUT2D eigenvalue weighted by atomic mass is 79.9. The Kier molecular flexibility index (Phi) is 11.8. The van der Waals surface area contributed by atoms with Crippen LogP contribution in [0.25, 0.3) is 11.3 Å². The van der Waals surface area contributed by atoms with Crippen LogP contribution in [0.15, 0.2) is 95.5 Å². The molecule has 1 aromatic heterocycles. The van der Waals surface area contributed by atoms with E-state index in [9.17, 15) is 9.35 Å². The Morgan fingerprint density at radius 1 is 1.00 bits per heavy atom. The fourth-order valence-corrected chi connectivity index (χ4v) is 13.2. The Bertz CT molecular complexity index is 1610. The van der Waals surface area contributed by atoms with Gasteiger partial charge in [0, 0.05) is 33.6 Å². The number of hydrogen-bond donors (Lipinski definition) is 0. The number of esters is 1. The molecule has 4 aromatic rings. The molecule has 0 spiro atoms. The highest BCUT2D eigenvalue weighted by molar-refractivity contribution is 9.10. The van der Waals surface area contributed by atoms with E-state index < -0.39 is 25.6 Å². The van der Waals surface area contributed by atoms with Crippen LogP contribution in [0.1, 0.15) is 81.5 Å². The molecule has 0 N–H and O–H groups in total. The van der Waals surface area contributed by atoms with Gasteiger partial charge in [0.25, 0.3) is 8.32 Å². The van der Waals surface area contributed by atoms with E-state index in [4.69, 9.17) is 14.1 Å². The zero-order valence-electron chi connectivity index (χ0n) is 28.0. The molecule has 5 rings (SSSR count). The number of carbonyl (C=O) groups is 1. The summed E-state index contributed by atoms with van der Waals surface area (Å²) in [5.41, 5.74) is 3.84. The summed E-state index contributed by atoms with van der Waals surface area (Å²) in [6, 6.07) is 30.9. The molecule has 0 saturated carbocycles. The summed E-state index contributed by atoms with van der Waals surface area (Å²) in [6.07, 6.45) is 2.46. The van der Waals surface area contributed by atoms with Crippen LogP contribution in [0.4, 0.5) is 0 Å². The van der Waals surface area contributed by atoms with Gasteiger partial charge < -0.3 is 13.7 Å². The number of pyridine rings is 1. The van der Waals surface area contributed by atoms with E-state index in [-0.39, 0.29) is 23.4 Å². The Balaban J connectivity index is 1.60. The third-order valence-electron chi connectivity index (χ3n) is 8.79. The molecule has 0 radical (unpaired) electrons. The second-order valence-electron chi connectivity index (χ2n) is 12.9. The van der Waals surface area contributed by atoms with Gasteiger partial charge in [-0.15, -0.1) is 4.31 Å². The average Bonchev–Trinajstić information content (AvgIpc) is 3.44. The quantitative estimate of drug-likeness (QED) is 0.0789. The summed E-state index contributed by atoms with van der Waals surface area (Å²) in [4.78, 5) is 17.9. The van der Waals surface area contributed by atoms with E-state index in [1.807, 2.05) is 30.3 Å². The van der Waals surface area contributed by atoms with Crippen LogP contribution in [0.3, 0.4) is 0 Å². The van der Waals surface area contributed by atoms with Crippen LogP contribution < -0.4 is 10.4 Å². The topological polar surface area (TPSA) is 74.7 Å². The lowest BCUT2D eigenvalue weighted by Gasteiger charge is -2.43. The first kappa shape index (κ1) is 35.5. The van der Waals surface area contributed by atoms with Gasteiger partial charge in [-0.05, 0) is 58.9 Å². The van der Waals surface area contributed by atoms with Crippen molar-refractivity contribution < 1.29 is 18.5 Å². The van der Waals surface area contributed by atoms with Crippen LogP contribution in [0.5, 0.6) is 0 Å². The molecular weight excluding hydrogens is 688 g/mol. The van der Waals surface area contributed by atoms with Crippen molar-refractivity contribution in [1.29, 1.82) is 0 Å².